The third-order valence-electron chi connectivity index (χ3n) is 5.00. The molecule has 13 nitrogen and oxygen atoms in total. The maximum atomic E-state index is 12.5. The Morgan fingerprint density at radius 2 is 1.85 bits per heavy atom. The van der Waals surface area contributed by atoms with Crippen molar-refractivity contribution in [1.82, 2.24) is 19.5 Å². The molecule has 2 aromatic heterocycles. The van der Waals surface area contributed by atoms with E-state index in [4.69, 9.17) is 24.7 Å². The van der Waals surface area contributed by atoms with Crippen molar-refractivity contribution < 1.29 is 33.3 Å². The number of rotatable bonds is 6. The van der Waals surface area contributed by atoms with Gasteiger partial charge in [-0.1, -0.05) is 6.08 Å². The number of carbonyl (C=O) groups is 3. The third kappa shape index (κ3) is 4.34. The molecule has 0 amide bonds. The Balaban J connectivity index is 1.91. The summed E-state index contributed by atoms with van der Waals surface area (Å²) in [5, 5.41) is 0. The van der Waals surface area contributed by atoms with E-state index in [-0.39, 0.29) is 29.5 Å². The van der Waals surface area contributed by atoms with E-state index in [1.807, 2.05) is 0 Å². The van der Waals surface area contributed by atoms with Gasteiger partial charge in [0.05, 0.1) is 5.57 Å². The molecule has 1 aliphatic carbocycles. The van der Waals surface area contributed by atoms with Crippen molar-refractivity contribution in [1.29, 1.82) is 0 Å². The van der Waals surface area contributed by atoms with Crippen molar-refractivity contribution in [2.45, 2.75) is 45.3 Å². The summed E-state index contributed by atoms with van der Waals surface area (Å²) in [6.45, 7) is 3.28. The van der Waals surface area contributed by atoms with E-state index in [1.54, 1.807) is 18.2 Å². The van der Waals surface area contributed by atoms with Crippen LogP contribution in [0.3, 0.4) is 0 Å². The van der Waals surface area contributed by atoms with Crippen molar-refractivity contribution in [2.75, 3.05) is 12.3 Å². The summed E-state index contributed by atoms with van der Waals surface area (Å²) in [6.07, 6.45) is 0.547. The Kier molecular flexibility index (Phi) is 6.05. The zero-order chi connectivity index (χ0) is 24.6. The molecule has 4 atom stereocenters. The Morgan fingerprint density at radius 1 is 1.15 bits per heavy atom. The predicted molar refractivity (Wildman–Crippen MR) is 115 cm³/mol. The molecule has 1 aliphatic heterocycles. The van der Waals surface area contributed by atoms with Crippen molar-refractivity contribution in [2.24, 2.45) is 0 Å². The summed E-state index contributed by atoms with van der Waals surface area (Å²) in [4.78, 5) is 58.8. The first-order valence-corrected chi connectivity index (χ1v) is 10.2. The van der Waals surface area contributed by atoms with Crippen LogP contribution in [0.15, 0.2) is 28.8 Å². The molecular formula is C21H21N5O8. The summed E-state index contributed by atoms with van der Waals surface area (Å²) in [5.74, 6) is -1.89. The summed E-state index contributed by atoms with van der Waals surface area (Å²) in [7, 11) is 0. The number of H-pyrrole nitrogens is 1. The van der Waals surface area contributed by atoms with Crippen molar-refractivity contribution in [3.63, 3.8) is 0 Å². The molecule has 2 aromatic rings. The van der Waals surface area contributed by atoms with Gasteiger partial charge in [0.25, 0.3) is 5.56 Å². The minimum absolute atomic E-state index is 0.0442. The van der Waals surface area contributed by atoms with Crippen LogP contribution in [0.5, 0.6) is 0 Å². The summed E-state index contributed by atoms with van der Waals surface area (Å²) in [6, 6.07) is 0. The molecule has 0 unspecified atom stereocenters. The molecule has 178 valence electrons. The number of hydrogen-bond donors (Lipinski definition) is 2. The number of esters is 3. The second-order valence-electron chi connectivity index (χ2n) is 7.53. The highest BCUT2D eigenvalue weighted by atomic mass is 16.7. The minimum Gasteiger partial charge on any atom is -0.463 e. The molecule has 0 saturated carbocycles. The highest BCUT2D eigenvalue weighted by Crippen LogP contribution is 2.38. The van der Waals surface area contributed by atoms with Gasteiger partial charge < -0.3 is 24.7 Å². The normalized spacial score (nSPS) is 23.2. The Morgan fingerprint density at radius 3 is 2.47 bits per heavy atom. The lowest BCUT2D eigenvalue weighted by Crippen LogP contribution is -2.40. The Labute approximate surface area is 191 Å². The number of carbonyl (C=O) groups excluding carboxylic acids is 3. The number of hydrogen-bond acceptors (Lipinski definition) is 11. The molecule has 0 spiro atoms. The second kappa shape index (κ2) is 8.96. The van der Waals surface area contributed by atoms with E-state index >= 15 is 0 Å². The van der Waals surface area contributed by atoms with E-state index in [0.29, 0.717) is 5.57 Å². The predicted octanol–water partition coefficient (Wildman–Crippen LogP) is 0.134. The van der Waals surface area contributed by atoms with E-state index in [0.717, 1.165) is 0 Å². The van der Waals surface area contributed by atoms with E-state index in [9.17, 15) is 19.2 Å². The minimum atomic E-state index is -1.20. The van der Waals surface area contributed by atoms with Crippen LogP contribution in [0.1, 0.15) is 32.8 Å². The Bertz CT molecular complexity index is 1330. The smallest absolute Gasteiger partial charge is 0.303 e. The van der Waals surface area contributed by atoms with Crippen LogP contribution in [0.25, 0.3) is 16.7 Å². The average Bonchev–Trinajstić information content (AvgIpc) is 3.45. The lowest BCUT2D eigenvalue weighted by Gasteiger charge is -2.24. The number of allylic oxidation sites excluding steroid dienone is 3. The number of imidazole rings is 1. The summed E-state index contributed by atoms with van der Waals surface area (Å²) >= 11 is 0. The second-order valence-corrected chi connectivity index (χ2v) is 7.53. The zero-order valence-corrected chi connectivity index (χ0v) is 18.4. The SMILES string of the molecule is CC(=O)OC[C@H]1O[C@@H](n2c(C3=C=CC=C3)nc3c(=O)[nH]c(N)nc32)[C@H](OC(C)=O)[C@@H]1OC(C)=O. The van der Waals surface area contributed by atoms with Crippen molar-refractivity contribution in [3.8, 4) is 0 Å². The van der Waals surface area contributed by atoms with E-state index < -0.39 is 48.0 Å². The molecule has 0 radical (unpaired) electrons. The molecule has 3 N–H and O–H groups in total. The fourth-order valence-electron chi connectivity index (χ4n) is 3.80. The van der Waals surface area contributed by atoms with Crippen molar-refractivity contribution >= 4 is 40.6 Å². The monoisotopic (exact) mass is 471 g/mol. The fraction of sp³-hybridized carbons (Fsp3) is 0.381. The van der Waals surface area contributed by atoms with Gasteiger partial charge in [0.2, 0.25) is 5.95 Å². The third-order valence-corrected chi connectivity index (χ3v) is 5.00. The number of nitrogens with zero attached hydrogens (tertiary/aromatic N) is 3. The van der Waals surface area contributed by atoms with E-state index in [2.05, 4.69) is 20.7 Å². The number of fused-ring (bicyclic) bond motifs is 1. The first kappa shape index (κ1) is 23.0. The molecule has 1 fully saturated rings. The number of aromatic nitrogens is 4. The van der Waals surface area contributed by atoms with Crippen LogP contribution in [-0.2, 0) is 33.3 Å². The van der Waals surface area contributed by atoms with Crippen LogP contribution < -0.4 is 11.3 Å². The van der Waals surface area contributed by atoms with Gasteiger partial charge in [-0.3, -0.25) is 28.7 Å². The maximum Gasteiger partial charge on any atom is 0.303 e. The number of nitrogens with one attached hydrogen (secondary N) is 1. The quantitative estimate of drug-likeness (QED) is 0.332. The number of ether oxygens (including phenoxy) is 4. The molecule has 0 bridgehead atoms. The van der Waals surface area contributed by atoms with Crippen LogP contribution in [0, 0.1) is 0 Å². The molecule has 2 aliphatic rings. The number of nitrogens with two attached hydrogens (primary N) is 1. The first-order valence-electron chi connectivity index (χ1n) is 10.2. The summed E-state index contributed by atoms with van der Waals surface area (Å²) < 4.78 is 23.5. The molecule has 34 heavy (non-hydrogen) atoms. The van der Waals surface area contributed by atoms with Gasteiger partial charge in [0.15, 0.2) is 35.4 Å². The van der Waals surface area contributed by atoms with Gasteiger partial charge in [-0.05, 0) is 12.2 Å². The fourth-order valence-corrected chi connectivity index (χ4v) is 3.80. The number of nitrogen functional groups attached to an aromatic ring is 1. The molecule has 4 rings (SSSR count). The molecule has 3 heterocycles. The van der Waals surface area contributed by atoms with Gasteiger partial charge in [-0.15, -0.1) is 5.73 Å². The lowest BCUT2D eigenvalue weighted by molar-refractivity contribution is -0.166. The molecule has 0 aromatic carbocycles. The highest BCUT2D eigenvalue weighted by molar-refractivity contribution is 5.81. The maximum absolute atomic E-state index is 12.5. The van der Waals surface area contributed by atoms with Gasteiger partial charge in [0, 0.05) is 20.8 Å². The van der Waals surface area contributed by atoms with Gasteiger partial charge in [-0.2, -0.15) is 4.98 Å². The van der Waals surface area contributed by atoms with Crippen LogP contribution in [0.2, 0.25) is 0 Å². The number of aromatic amines is 1. The van der Waals surface area contributed by atoms with Crippen LogP contribution in [0.4, 0.5) is 5.95 Å². The largest absolute Gasteiger partial charge is 0.463 e. The van der Waals surface area contributed by atoms with Gasteiger partial charge in [0.1, 0.15) is 12.7 Å². The van der Waals surface area contributed by atoms with Crippen molar-refractivity contribution in [3.05, 3.63) is 40.1 Å². The summed E-state index contributed by atoms with van der Waals surface area (Å²) in [5.41, 5.74) is 8.66. The highest BCUT2D eigenvalue weighted by Gasteiger charge is 2.51. The average molecular weight is 471 g/mol. The molecule has 1 saturated heterocycles. The van der Waals surface area contributed by atoms with Gasteiger partial charge in [-0.25, -0.2) is 4.98 Å². The molecular weight excluding hydrogens is 450 g/mol. The number of anilines is 1. The van der Waals surface area contributed by atoms with Crippen LogP contribution in [-0.4, -0.2) is 62.3 Å². The zero-order valence-electron chi connectivity index (χ0n) is 18.4. The van der Waals surface area contributed by atoms with E-state index in [1.165, 1.54) is 25.3 Å². The topological polar surface area (TPSA) is 178 Å². The molecule has 13 heteroatoms. The lowest BCUT2D eigenvalue weighted by atomic mass is 10.1. The first-order chi connectivity index (χ1) is 16.2. The Hall–Kier alpha value is -4.22. The van der Waals surface area contributed by atoms with Gasteiger partial charge >= 0.3 is 17.9 Å². The van der Waals surface area contributed by atoms with Crippen LogP contribution >= 0.6 is 0 Å². The standard InChI is InChI=1S/C21H21N5O8/c1-9(27)31-8-13-15(32-10(2)28)16(33-11(3)29)20(34-13)26-17(12-6-4-5-7-12)23-14-18(26)24-21(22)25-19(14)30/h4-6,13,15-16,20H,8H2,1-3H3,(H3,22,24,25,30)/t13-,15-,16-,20-/m1/s1.